The molecule has 1 aliphatic heterocycles. The van der Waals surface area contributed by atoms with E-state index in [4.69, 9.17) is 5.11 Å². The van der Waals surface area contributed by atoms with Gasteiger partial charge in [0.05, 0.1) is 0 Å². The molecule has 25 heavy (non-hydrogen) atoms. The van der Waals surface area contributed by atoms with Crippen LogP contribution in [-0.4, -0.2) is 23.0 Å². The van der Waals surface area contributed by atoms with Crippen LogP contribution in [-0.2, 0) is 9.59 Å². The van der Waals surface area contributed by atoms with Gasteiger partial charge in [-0.05, 0) is 44.9 Å². The fraction of sp³-hybridized carbons (Fsp3) is 0.619. The fourth-order valence-electron chi connectivity index (χ4n) is 2.02. The van der Waals surface area contributed by atoms with Gasteiger partial charge >= 0.3 is 5.97 Å². The minimum absolute atomic E-state index is 0.190. The summed E-state index contributed by atoms with van der Waals surface area (Å²) in [6, 6.07) is 0.294. The maximum absolute atomic E-state index is 10.9. The number of carboxylic acids is 1. The predicted octanol–water partition coefficient (Wildman–Crippen LogP) is 5.02. The molecule has 4 nitrogen and oxygen atoms in total. The summed E-state index contributed by atoms with van der Waals surface area (Å²) in [6.45, 7) is 12.3. The summed E-state index contributed by atoms with van der Waals surface area (Å²) in [5.74, 6) is -0.666. The summed E-state index contributed by atoms with van der Waals surface area (Å²) in [5, 5.41) is 11.4. The zero-order valence-corrected chi connectivity index (χ0v) is 16.7. The third-order valence-electron chi connectivity index (χ3n) is 3.97. The number of hydrogen-bond donors (Lipinski definition) is 2. The van der Waals surface area contributed by atoms with Crippen LogP contribution in [0.15, 0.2) is 35.5 Å². The Bertz CT molecular complexity index is 522. The van der Waals surface area contributed by atoms with Gasteiger partial charge in [0, 0.05) is 18.0 Å². The second-order valence-corrected chi connectivity index (χ2v) is 7.76. The topological polar surface area (TPSA) is 66.4 Å². The zero-order chi connectivity index (χ0) is 19.5. The van der Waals surface area contributed by atoms with Crippen molar-refractivity contribution in [2.45, 2.75) is 79.7 Å². The molecule has 0 radical (unpaired) electrons. The maximum atomic E-state index is 10.9. The summed E-state index contributed by atoms with van der Waals surface area (Å²) in [7, 11) is 0. The van der Waals surface area contributed by atoms with Crippen molar-refractivity contribution in [2.75, 3.05) is 0 Å². The molecule has 1 unspecified atom stereocenters. The highest BCUT2D eigenvalue weighted by Gasteiger charge is 2.17. The van der Waals surface area contributed by atoms with E-state index in [1.165, 1.54) is 12.0 Å². The highest BCUT2D eigenvalue weighted by molar-refractivity contribution is 5.86. The molecule has 2 N–H and O–H groups in total. The third kappa shape index (κ3) is 13.2. The van der Waals surface area contributed by atoms with E-state index < -0.39 is 5.97 Å². The number of carboxylic acid groups (broad SMARTS) is 1. The van der Waals surface area contributed by atoms with Gasteiger partial charge in [-0.2, -0.15) is 0 Å². The van der Waals surface area contributed by atoms with Crippen molar-refractivity contribution in [3.63, 3.8) is 0 Å². The van der Waals surface area contributed by atoms with E-state index in [0.717, 1.165) is 19.3 Å². The van der Waals surface area contributed by atoms with Crippen LogP contribution in [0.25, 0.3) is 0 Å². The van der Waals surface area contributed by atoms with E-state index in [2.05, 4.69) is 38.2 Å². The number of amides is 1. The molecule has 4 heteroatoms. The first-order valence-corrected chi connectivity index (χ1v) is 9.08. The Kier molecular flexibility index (Phi) is 10.8. The Balaban J connectivity index is 0.000000477. The lowest BCUT2D eigenvalue weighted by Crippen LogP contribution is -2.22. The van der Waals surface area contributed by atoms with E-state index in [9.17, 15) is 9.59 Å². The van der Waals surface area contributed by atoms with Gasteiger partial charge in [-0.15, -0.1) is 0 Å². The van der Waals surface area contributed by atoms with Gasteiger partial charge in [-0.1, -0.05) is 57.6 Å². The lowest BCUT2D eigenvalue weighted by molar-refractivity contribution is -0.132. The van der Waals surface area contributed by atoms with E-state index in [0.29, 0.717) is 23.5 Å². The highest BCUT2D eigenvalue weighted by Crippen LogP contribution is 2.20. The first-order chi connectivity index (χ1) is 11.5. The Morgan fingerprint density at radius 3 is 2.36 bits per heavy atom. The molecule has 0 spiro atoms. The van der Waals surface area contributed by atoms with Crippen LogP contribution in [0.5, 0.6) is 0 Å². The molecular weight excluding hydrogens is 314 g/mol. The van der Waals surface area contributed by atoms with Crippen molar-refractivity contribution in [1.29, 1.82) is 0 Å². The van der Waals surface area contributed by atoms with Crippen molar-refractivity contribution < 1.29 is 14.7 Å². The largest absolute Gasteiger partial charge is 0.478 e. The fourth-order valence-corrected chi connectivity index (χ4v) is 2.02. The minimum atomic E-state index is -0.856. The molecule has 0 saturated carbocycles. The van der Waals surface area contributed by atoms with Crippen molar-refractivity contribution in [2.24, 2.45) is 5.41 Å². The average Bonchev–Trinajstić information content (AvgIpc) is 2.94. The van der Waals surface area contributed by atoms with Gasteiger partial charge < -0.3 is 10.4 Å². The molecule has 1 fully saturated rings. The number of carbonyl (C=O) groups is 2. The second kappa shape index (κ2) is 11.7. The number of allylic oxidation sites excluding steroid dienone is 4. The van der Waals surface area contributed by atoms with Gasteiger partial charge in [0.15, 0.2) is 0 Å². The molecule has 0 aromatic rings. The van der Waals surface area contributed by atoms with E-state index in [1.54, 1.807) is 13.0 Å². The summed E-state index contributed by atoms with van der Waals surface area (Å²) in [4.78, 5) is 21.2. The Hall–Kier alpha value is -1.84. The van der Waals surface area contributed by atoms with Crippen LogP contribution < -0.4 is 5.32 Å². The van der Waals surface area contributed by atoms with Gasteiger partial charge in [-0.3, -0.25) is 4.79 Å². The van der Waals surface area contributed by atoms with Gasteiger partial charge in [0.25, 0.3) is 0 Å². The lowest BCUT2D eigenvalue weighted by atomic mass is 9.90. The number of rotatable bonds is 6. The number of nitrogens with one attached hydrogen (secondary N) is 1. The Labute approximate surface area is 153 Å². The van der Waals surface area contributed by atoms with Crippen LogP contribution in [0.2, 0.25) is 0 Å². The van der Waals surface area contributed by atoms with Crippen LogP contribution >= 0.6 is 0 Å². The first-order valence-electron chi connectivity index (χ1n) is 9.08. The van der Waals surface area contributed by atoms with Crippen LogP contribution in [0.1, 0.15) is 73.6 Å². The van der Waals surface area contributed by atoms with Crippen LogP contribution in [0.3, 0.4) is 0 Å². The lowest BCUT2D eigenvalue weighted by Gasteiger charge is -2.16. The van der Waals surface area contributed by atoms with Crippen LogP contribution in [0, 0.1) is 5.41 Å². The van der Waals surface area contributed by atoms with E-state index in [1.807, 2.05) is 19.9 Å². The minimum Gasteiger partial charge on any atom is -0.478 e. The van der Waals surface area contributed by atoms with Gasteiger partial charge in [0.1, 0.15) is 0 Å². The Morgan fingerprint density at radius 2 is 1.92 bits per heavy atom. The quantitative estimate of drug-likeness (QED) is 0.402. The number of carbonyl (C=O) groups excluding carboxylic acids is 1. The molecule has 1 amide bonds. The van der Waals surface area contributed by atoms with Crippen molar-refractivity contribution >= 4 is 11.9 Å². The van der Waals surface area contributed by atoms with Crippen molar-refractivity contribution in [1.82, 2.24) is 5.32 Å². The third-order valence-corrected chi connectivity index (χ3v) is 3.97. The predicted molar refractivity (Wildman–Crippen MR) is 104 cm³/mol. The standard InChI is InChI=1S/C12H21NO.C9H14O2/c1-12(2,3)9-5-4-6-10-7-8-11(14)13-10;1-4-7(2)5-6-8(3)9(10)11/h4,6,10H,5,7-9H2,1-3H3,(H,13,14);5-6H,4H2,1-3H3,(H,10,11)/b6-4+;7-5+,8-6+. The molecule has 1 rings (SSSR count). The number of hydrogen-bond acceptors (Lipinski definition) is 2. The SMILES string of the molecule is CC(C)(C)CC/C=C/C1CCC(=O)N1.CC/C(C)=C/C=C(\C)C(=O)O. The highest BCUT2D eigenvalue weighted by atomic mass is 16.4. The maximum Gasteiger partial charge on any atom is 0.331 e. The monoisotopic (exact) mass is 349 g/mol. The summed E-state index contributed by atoms with van der Waals surface area (Å²) >= 11 is 0. The van der Waals surface area contributed by atoms with E-state index in [-0.39, 0.29) is 5.91 Å². The van der Waals surface area contributed by atoms with Crippen molar-refractivity contribution in [3.05, 3.63) is 35.5 Å². The molecule has 1 aliphatic rings. The van der Waals surface area contributed by atoms with Crippen LogP contribution in [0.4, 0.5) is 0 Å². The second-order valence-electron chi connectivity index (χ2n) is 7.76. The van der Waals surface area contributed by atoms with Gasteiger partial charge in [0.2, 0.25) is 5.91 Å². The average molecular weight is 350 g/mol. The summed E-state index contributed by atoms with van der Waals surface area (Å²) in [5.41, 5.74) is 1.96. The molecule has 0 aliphatic carbocycles. The van der Waals surface area contributed by atoms with Gasteiger partial charge in [-0.25, -0.2) is 4.79 Å². The number of aliphatic carboxylic acids is 1. The molecule has 1 saturated heterocycles. The first kappa shape index (κ1) is 23.2. The molecule has 0 aromatic carbocycles. The zero-order valence-electron chi connectivity index (χ0n) is 16.7. The molecular formula is C21H35NO3. The summed E-state index contributed by atoms with van der Waals surface area (Å²) in [6.07, 6.45) is 12.7. The summed E-state index contributed by atoms with van der Waals surface area (Å²) < 4.78 is 0. The molecule has 1 atom stereocenters. The van der Waals surface area contributed by atoms with E-state index >= 15 is 0 Å². The Morgan fingerprint density at radius 1 is 1.28 bits per heavy atom. The smallest absolute Gasteiger partial charge is 0.331 e. The normalized spacial score (nSPS) is 18.8. The van der Waals surface area contributed by atoms with Crippen molar-refractivity contribution in [3.8, 4) is 0 Å². The molecule has 0 aromatic heterocycles. The molecule has 1 heterocycles. The molecule has 0 bridgehead atoms. The molecule has 142 valence electrons.